The van der Waals surface area contributed by atoms with E-state index in [1.54, 1.807) is 0 Å². The van der Waals surface area contributed by atoms with Crippen LogP contribution in [-0.2, 0) is 6.42 Å². The minimum Gasteiger partial charge on any atom is -0.361 e. The first-order valence-corrected chi connectivity index (χ1v) is 4.22. The van der Waals surface area contributed by atoms with Gasteiger partial charge >= 0.3 is 0 Å². The Labute approximate surface area is 73.5 Å². The summed E-state index contributed by atoms with van der Waals surface area (Å²) >= 11 is 0. The van der Waals surface area contributed by atoms with Crippen LogP contribution >= 0.6 is 0 Å². The fourth-order valence-corrected chi connectivity index (χ4v) is 0.964. The van der Waals surface area contributed by atoms with Gasteiger partial charge in [0.25, 0.3) is 0 Å². The number of aryl methyl sites for hydroxylation is 1. The van der Waals surface area contributed by atoms with Gasteiger partial charge in [0.1, 0.15) is 5.82 Å². The molecule has 0 unspecified atom stereocenters. The Morgan fingerprint density at radius 3 is 2.42 bits per heavy atom. The lowest BCUT2D eigenvalue weighted by atomic mass is 10.3. The van der Waals surface area contributed by atoms with Crippen LogP contribution in [0.4, 0.5) is 5.82 Å². The summed E-state index contributed by atoms with van der Waals surface area (Å²) in [5.74, 6) is 0.912. The SMILES string of the molecule is CCCc1cnc(N(C)C)cn1. The fraction of sp³-hybridized carbons (Fsp3) is 0.556. The van der Waals surface area contributed by atoms with Gasteiger partial charge in [-0.2, -0.15) is 0 Å². The van der Waals surface area contributed by atoms with E-state index < -0.39 is 0 Å². The molecule has 3 nitrogen and oxygen atoms in total. The molecule has 0 saturated carbocycles. The van der Waals surface area contributed by atoms with E-state index in [2.05, 4.69) is 16.9 Å². The van der Waals surface area contributed by atoms with Crippen LogP contribution in [0.1, 0.15) is 19.0 Å². The van der Waals surface area contributed by atoms with Gasteiger partial charge in [-0.15, -0.1) is 0 Å². The van der Waals surface area contributed by atoms with E-state index in [9.17, 15) is 0 Å². The number of rotatable bonds is 3. The highest BCUT2D eigenvalue weighted by molar-refractivity contribution is 5.32. The predicted molar refractivity (Wildman–Crippen MR) is 50.4 cm³/mol. The van der Waals surface area contributed by atoms with Crippen molar-refractivity contribution in [1.82, 2.24) is 9.97 Å². The maximum absolute atomic E-state index is 4.29. The summed E-state index contributed by atoms with van der Waals surface area (Å²) in [5.41, 5.74) is 1.07. The first-order chi connectivity index (χ1) is 5.74. The van der Waals surface area contributed by atoms with Crippen molar-refractivity contribution in [3.05, 3.63) is 18.1 Å². The van der Waals surface area contributed by atoms with Crippen LogP contribution in [0, 0.1) is 0 Å². The second-order valence-corrected chi connectivity index (χ2v) is 3.01. The molecule has 1 aromatic rings. The zero-order valence-electron chi connectivity index (χ0n) is 7.91. The van der Waals surface area contributed by atoms with Crippen LogP contribution in [0.3, 0.4) is 0 Å². The zero-order chi connectivity index (χ0) is 8.97. The molecule has 0 aliphatic carbocycles. The predicted octanol–water partition coefficient (Wildman–Crippen LogP) is 1.50. The first-order valence-electron chi connectivity index (χ1n) is 4.22. The minimum absolute atomic E-state index is 0.912. The largest absolute Gasteiger partial charge is 0.361 e. The van der Waals surface area contributed by atoms with E-state index >= 15 is 0 Å². The molecule has 0 radical (unpaired) electrons. The minimum atomic E-state index is 0.912. The third kappa shape index (κ3) is 2.19. The lowest BCUT2D eigenvalue weighted by Crippen LogP contribution is -2.11. The molecule has 0 aliphatic heterocycles. The number of anilines is 1. The van der Waals surface area contributed by atoms with Gasteiger partial charge < -0.3 is 4.90 Å². The summed E-state index contributed by atoms with van der Waals surface area (Å²) in [6, 6.07) is 0. The monoisotopic (exact) mass is 165 g/mol. The van der Waals surface area contributed by atoms with Gasteiger partial charge in [-0.05, 0) is 6.42 Å². The molecule has 0 spiro atoms. The highest BCUT2D eigenvalue weighted by Gasteiger charge is 1.97. The maximum Gasteiger partial charge on any atom is 0.146 e. The molecule has 0 aromatic carbocycles. The molecule has 0 N–H and O–H groups in total. The molecule has 0 aliphatic rings. The van der Waals surface area contributed by atoms with Crippen LogP contribution in [0.15, 0.2) is 12.4 Å². The Bertz CT molecular complexity index is 228. The lowest BCUT2D eigenvalue weighted by molar-refractivity contribution is 0.866. The molecule has 0 atom stereocenters. The molecule has 1 rings (SSSR count). The standard InChI is InChI=1S/C9H15N3/c1-4-5-8-6-11-9(7-10-8)12(2)3/h6-7H,4-5H2,1-3H3. The molecule has 66 valence electrons. The Morgan fingerprint density at radius 1 is 1.25 bits per heavy atom. The van der Waals surface area contributed by atoms with Crippen molar-refractivity contribution in [3.8, 4) is 0 Å². The molecule has 0 saturated heterocycles. The molecule has 1 aromatic heterocycles. The van der Waals surface area contributed by atoms with Crippen LogP contribution in [0.25, 0.3) is 0 Å². The van der Waals surface area contributed by atoms with E-state index in [1.807, 2.05) is 31.4 Å². The molecule has 1 heterocycles. The van der Waals surface area contributed by atoms with Crippen molar-refractivity contribution >= 4 is 5.82 Å². The fourth-order valence-electron chi connectivity index (χ4n) is 0.964. The molecular formula is C9H15N3. The van der Waals surface area contributed by atoms with Crippen molar-refractivity contribution in [2.24, 2.45) is 0 Å². The third-order valence-corrected chi connectivity index (χ3v) is 1.66. The quantitative estimate of drug-likeness (QED) is 0.679. The average molecular weight is 165 g/mol. The summed E-state index contributed by atoms with van der Waals surface area (Å²) in [6.45, 7) is 2.14. The summed E-state index contributed by atoms with van der Waals surface area (Å²) in [4.78, 5) is 10.5. The summed E-state index contributed by atoms with van der Waals surface area (Å²) in [7, 11) is 3.92. The van der Waals surface area contributed by atoms with Crippen molar-refractivity contribution in [2.75, 3.05) is 19.0 Å². The van der Waals surface area contributed by atoms with Crippen molar-refractivity contribution in [3.63, 3.8) is 0 Å². The van der Waals surface area contributed by atoms with Crippen LogP contribution < -0.4 is 4.90 Å². The second-order valence-electron chi connectivity index (χ2n) is 3.01. The third-order valence-electron chi connectivity index (χ3n) is 1.66. The molecule has 0 amide bonds. The number of aromatic nitrogens is 2. The normalized spacial score (nSPS) is 9.92. The Morgan fingerprint density at radius 2 is 2.00 bits per heavy atom. The Hall–Kier alpha value is -1.12. The van der Waals surface area contributed by atoms with Crippen molar-refractivity contribution in [2.45, 2.75) is 19.8 Å². The molecule has 3 heteroatoms. The van der Waals surface area contributed by atoms with E-state index in [0.29, 0.717) is 0 Å². The van der Waals surface area contributed by atoms with E-state index in [-0.39, 0.29) is 0 Å². The van der Waals surface area contributed by atoms with Crippen LogP contribution in [0.5, 0.6) is 0 Å². The Balaban J connectivity index is 2.71. The summed E-state index contributed by atoms with van der Waals surface area (Å²) < 4.78 is 0. The molecule has 0 fully saturated rings. The summed E-state index contributed by atoms with van der Waals surface area (Å²) in [5, 5.41) is 0. The zero-order valence-corrected chi connectivity index (χ0v) is 7.91. The number of nitrogens with zero attached hydrogens (tertiary/aromatic N) is 3. The van der Waals surface area contributed by atoms with E-state index in [4.69, 9.17) is 0 Å². The highest BCUT2D eigenvalue weighted by Crippen LogP contribution is 2.05. The van der Waals surface area contributed by atoms with Gasteiger partial charge in [0.2, 0.25) is 0 Å². The van der Waals surface area contributed by atoms with Crippen molar-refractivity contribution in [1.29, 1.82) is 0 Å². The first kappa shape index (κ1) is 8.97. The maximum atomic E-state index is 4.29. The number of hydrogen-bond donors (Lipinski definition) is 0. The van der Waals surface area contributed by atoms with E-state index in [0.717, 1.165) is 24.4 Å². The number of hydrogen-bond acceptors (Lipinski definition) is 3. The summed E-state index contributed by atoms with van der Waals surface area (Å²) in [6.07, 6.45) is 5.79. The average Bonchev–Trinajstić information content (AvgIpc) is 2.06. The topological polar surface area (TPSA) is 29.0 Å². The van der Waals surface area contributed by atoms with Gasteiger partial charge in [-0.25, -0.2) is 4.98 Å². The molecule has 0 bridgehead atoms. The van der Waals surface area contributed by atoms with Gasteiger partial charge in [-0.1, -0.05) is 13.3 Å². The van der Waals surface area contributed by atoms with Gasteiger partial charge in [0.05, 0.1) is 18.1 Å². The molecular weight excluding hydrogens is 150 g/mol. The van der Waals surface area contributed by atoms with E-state index in [1.165, 1.54) is 0 Å². The van der Waals surface area contributed by atoms with Gasteiger partial charge in [0.15, 0.2) is 0 Å². The van der Waals surface area contributed by atoms with Crippen LogP contribution in [0.2, 0.25) is 0 Å². The highest BCUT2D eigenvalue weighted by atomic mass is 15.1. The molecule has 12 heavy (non-hydrogen) atoms. The van der Waals surface area contributed by atoms with Gasteiger partial charge in [-0.3, -0.25) is 4.98 Å². The van der Waals surface area contributed by atoms with Crippen molar-refractivity contribution < 1.29 is 0 Å². The lowest BCUT2D eigenvalue weighted by Gasteiger charge is -2.09. The van der Waals surface area contributed by atoms with Gasteiger partial charge in [0, 0.05) is 14.1 Å². The second kappa shape index (κ2) is 4.04. The Kier molecular flexibility index (Phi) is 3.02. The smallest absolute Gasteiger partial charge is 0.146 e. The van der Waals surface area contributed by atoms with Crippen LogP contribution in [-0.4, -0.2) is 24.1 Å².